The lowest BCUT2D eigenvalue weighted by molar-refractivity contribution is -0.145. The molecule has 1 unspecified atom stereocenters. The van der Waals surface area contributed by atoms with Crippen LogP contribution < -0.4 is 25.4 Å². The Morgan fingerprint density at radius 2 is 1.80 bits per heavy atom. The van der Waals surface area contributed by atoms with Gasteiger partial charge in [-0.1, -0.05) is 72.3 Å². The van der Waals surface area contributed by atoms with Gasteiger partial charge in [-0.25, -0.2) is 0 Å². The molecule has 0 spiro atoms. The van der Waals surface area contributed by atoms with Crippen molar-refractivity contribution in [2.75, 3.05) is 32.1 Å². The average molecular weight is 812 g/mol. The minimum Gasteiger partial charge on any atom is -0.480 e. The van der Waals surface area contributed by atoms with Crippen molar-refractivity contribution in [2.24, 2.45) is 4.99 Å². The van der Waals surface area contributed by atoms with E-state index in [1.807, 2.05) is 31.3 Å². The van der Waals surface area contributed by atoms with Gasteiger partial charge < -0.3 is 30.3 Å². The standard InChI is InChI=1S/C41H40BrClN6O5/c1-41(23-50,40(51)52)48-20-27-18-34(42)39(49-38(27)53-22-24-17-28(44-2)21-45-19-24)54-35-14-13-31-30(6-4-7-32(31)35)33-8-3-5-29(36(33)43)25-9-11-26(12-10-25)37-46-15-16-47-37/h3-12,17-19,21,35,44,48,50H,13-16,20,22-23H2,1-2H3,(H,46,47)(H,51,52)/t35-,41?/m0/s1. The highest BCUT2D eigenvalue weighted by Gasteiger charge is 2.33. The largest absolute Gasteiger partial charge is 0.480 e. The van der Waals surface area contributed by atoms with E-state index in [0.717, 1.165) is 76.4 Å². The second-order valence-electron chi connectivity index (χ2n) is 13.4. The first-order valence-electron chi connectivity index (χ1n) is 17.7. The van der Waals surface area contributed by atoms with Gasteiger partial charge >= 0.3 is 5.97 Å². The van der Waals surface area contributed by atoms with Crippen LogP contribution in [-0.4, -0.2) is 64.3 Å². The average Bonchev–Trinajstić information content (AvgIpc) is 3.89. The van der Waals surface area contributed by atoms with Crippen LogP contribution in [0, 0.1) is 0 Å². The van der Waals surface area contributed by atoms with Gasteiger partial charge in [0.1, 0.15) is 24.1 Å². The molecule has 0 saturated carbocycles. The number of aliphatic imine (C=N–C) groups is 1. The van der Waals surface area contributed by atoms with Crippen LogP contribution >= 0.6 is 27.5 Å². The first-order valence-corrected chi connectivity index (χ1v) is 18.8. The highest BCUT2D eigenvalue weighted by atomic mass is 79.9. The molecule has 0 bridgehead atoms. The van der Waals surface area contributed by atoms with E-state index in [0.29, 0.717) is 20.9 Å². The number of amidine groups is 1. The molecular formula is C41H40BrClN6O5. The minimum atomic E-state index is -1.56. The van der Waals surface area contributed by atoms with Gasteiger partial charge in [-0.2, -0.15) is 4.98 Å². The van der Waals surface area contributed by atoms with E-state index in [1.54, 1.807) is 18.5 Å². The second-order valence-corrected chi connectivity index (χ2v) is 14.7. The molecule has 54 heavy (non-hydrogen) atoms. The SMILES string of the molecule is CNc1cncc(COc2nc(O[C@H]3CCc4c(-c5cccc(-c6ccc(C7=NCCN7)cc6)c5Cl)cccc43)c(Br)cc2CNC(C)(CO)C(=O)O)c1. The molecule has 5 aromatic rings. The van der Waals surface area contributed by atoms with E-state index in [9.17, 15) is 15.0 Å². The number of fused-ring (bicyclic) bond motifs is 1. The number of carboxylic acid groups (broad SMARTS) is 1. The summed E-state index contributed by atoms with van der Waals surface area (Å²) in [7, 11) is 1.81. The van der Waals surface area contributed by atoms with Crippen molar-refractivity contribution in [3.63, 3.8) is 0 Å². The third kappa shape index (κ3) is 7.78. The molecule has 0 radical (unpaired) electrons. The van der Waals surface area contributed by atoms with Crippen LogP contribution in [0.15, 0.2) is 94.7 Å². The fraction of sp³-hybridized carbons (Fsp3) is 0.268. The Morgan fingerprint density at radius 1 is 1.04 bits per heavy atom. The fourth-order valence-corrected chi connectivity index (χ4v) is 7.46. The maximum absolute atomic E-state index is 11.9. The molecule has 5 N–H and O–H groups in total. The fourth-order valence-electron chi connectivity index (χ4n) is 6.66. The quantitative estimate of drug-likeness (QED) is 0.0780. The Bertz CT molecular complexity index is 2220. The third-order valence-electron chi connectivity index (χ3n) is 9.80. The lowest BCUT2D eigenvalue weighted by Crippen LogP contribution is -2.52. The van der Waals surface area contributed by atoms with Gasteiger partial charge in [0.25, 0.3) is 0 Å². The number of aliphatic hydroxyl groups is 1. The number of aliphatic carboxylic acids is 1. The van der Waals surface area contributed by atoms with Gasteiger partial charge in [-0.05, 0) is 70.1 Å². The Kier molecular flexibility index (Phi) is 11.2. The van der Waals surface area contributed by atoms with E-state index >= 15 is 0 Å². The molecule has 2 atom stereocenters. The van der Waals surface area contributed by atoms with Gasteiger partial charge in [-0.15, -0.1) is 0 Å². The number of ether oxygens (including phenoxy) is 2. The number of hydrogen-bond acceptors (Lipinski definition) is 10. The molecule has 13 heteroatoms. The Hall–Kier alpha value is -5.01. The van der Waals surface area contributed by atoms with E-state index in [4.69, 9.17) is 26.1 Å². The summed E-state index contributed by atoms with van der Waals surface area (Å²) in [6.45, 7) is 2.69. The molecule has 7 rings (SSSR count). The number of carbonyl (C=O) groups is 1. The Labute approximate surface area is 327 Å². The number of hydrogen-bond donors (Lipinski definition) is 5. The summed E-state index contributed by atoms with van der Waals surface area (Å²) in [5, 5.41) is 29.5. The van der Waals surface area contributed by atoms with E-state index < -0.39 is 18.1 Å². The van der Waals surface area contributed by atoms with Crippen molar-refractivity contribution < 1.29 is 24.5 Å². The molecule has 3 heterocycles. The summed E-state index contributed by atoms with van der Waals surface area (Å²) in [6, 6.07) is 24.4. The Balaban J connectivity index is 1.16. The number of rotatable bonds is 14. The van der Waals surface area contributed by atoms with Crippen LogP contribution in [0.5, 0.6) is 11.8 Å². The zero-order chi connectivity index (χ0) is 37.8. The molecule has 11 nitrogen and oxygen atoms in total. The monoisotopic (exact) mass is 810 g/mol. The van der Waals surface area contributed by atoms with E-state index in [-0.39, 0.29) is 25.1 Å². The molecule has 0 fully saturated rings. The first-order chi connectivity index (χ1) is 26.2. The summed E-state index contributed by atoms with van der Waals surface area (Å²) in [4.78, 5) is 25.5. The molecule has 2 aliphatic rings. The lowest BCUT2D eigenvalue weighted by Gasteiger charge is -2.24. The molecular weight excluding hydrogens is 772 g/mol. The maximum Gasteiger partial charge on any atom is 0.326 e. The number of pyridine rings is 2. The molecule has 1 aliphatic heterocycles. The van der Waals surface area contributed by atoms with Crippen molar-refractivity contribution in [3.05, 3.63) is 123 Å². The van der Waals surface area contributed by atoms with Crippen LogP contribution in [0.25, 0.3) is 22.3 Å². The molecule has 1 aliphatic carbocycles. The lowest BCUT2D eigenvalue weighted by atomic mass is 9.93. The smallest absolute Gasteiger partial charge is 0.326 e. The van der Waals surface area contributed by atoms with Gasteiger partial charge in [0.05, 0.1) is 28.3 Å². The highest BCUT2D eigenvalue weighted by Crippen LogP contribution is 2.45. The van der Waals surface area contributed by atoms with E-state index in [2.05, 4.69) is 84.3 Å². The highest BCUT2D eigenvalue weighted by molar-refractivity contribution is 9.10. The van der Waals surface area contributed by atoms with Crippen molar-refractivity contribution in [1.82, 2.24) is 20.6 Å². The van der Waals surface area contributed by atoms with Gasteiger partial charge in [0, 0.05) is 60.3 Å². The predicted molar refractivity (Wildman–Crippen MR) is 213 cm³/mol. The summed E-state index contributed by atoms with van der Waals surface area (Å²) < 4.78 is 13.4. The second kappa shape index (κ2) is 16.2. The maximum atomic E-state index is 11.9. The topological polar surface area (TPSA) is 150 Å². The van der Waals surface area contributed by atoms with Gasteiger partial charge in [0.2, 0.25) is 11.8 Å². The number of nitrogens with one attached hydrogen (secondary N) is 3. The summed E-state index contributed by atoms with van der Waals surface area (Å²) in [5.74, 6) is 0.344. The number of carboxylic acids is 1. The number of benzene rings is 3. The number of aliphatic hydroxyl groups excluding tert-OH is 1. The van der Waals surface area contributed by atoms with Crippen molar-refractivity contribution in [1.29, 1.82) is 0 Å². The number of nitrogens with zero attached hydrogens (tertiary/aromatic N) is 3. The van der Waals surface area contributed by atoms with Gasteiger partial charge in [-0.3, -0.25) is 20.1 Å². The van der Waals surface area contributed by atoms with Crippen LogP contribution in [0.2, 0.25) is 5.02 Å². The van der Waals surface area contributed by atoms with Crippen molar-refractivity contribution >= 4 is 45.0 Å². The third-order valence-corrected chi connectivity index (χ3v) is 10.8. The molecule has 2 aromatic heterocycles. The van der Waals surface area contributed by atoms with Crippen LogP contribution in [-0.2, 0) is 24.4 Å². The Morgan fingerprint density at radius 3 is 2.54 bits per heavy atom. The van der Waals surface area contributed by atoms with Crippen LogP contribution in [0.3, 0.4) is 0 Å². The molecule has 3 aromatic carbocycles. The minimum absolute atomic E-state index is 0.0610. The number of halogens is 2. The zero-order valence-electron chi connectivity index (χ0n) is 29.8. The first kappa shape index (κ1) is 37.3. The summed E-state index contributed by atoms with van der Waals surface area (Å²) in [5.41, 5.74) is 7.94. The van der Waals surface area contributed by atoms with Crippen LogP contribution in [0.1, 0.15) is 47.3 Å². The normalized spacial score (nSPS) is 15.9. The summed E-state index contributed by atoms with van der Waals surface area (Å²) in [6.07, 6.45) is 4.64. The predicted octanol–water partition coefficient (Wildman–Crippen LogP) is 7.19. The zero-order valence-corrected chi connectivity index (χ0v) is 32.2. The number of aromatic nitrogens is 2. The van der Waals surface area contributed by atoms with Gasteiger partial charge in [0.15, 0.2) is 0 Å². The number of anilines is 1. The molecule has 278 valence electrons. The van der Waals surface area contributed by atoms with E-state index in [1.165, 1.54) is 12.5 Å². The van der Waals surface area contributed by atoms with Crippen molar-refractivity contribution in [2.45, 2.75) is 44.6 Å². The summed E-state index contributed by atoms with van der Waals surface area (Å²) >= 11 is 10.8. The van der Waals surface area contributed by atoms with Crippen LogP contribution in [0.4, 0.5) is 5.69 Å². The molecule has 0 saturated heterocycles. The van der Waals surface area contributed by atoms with Crippen molar-refractivity contribution in [3.8, 4) is 34.0 Å². The molecule has 0 amide bonds.